The highest BCUT2D eigenvalue weighted by atomic mass is 32.2. The van der Waals surface area contributed by atoms with Gasteiger partial charge in [-0.2, -0.15) is 11.8 Å². The summed E-state index contributed by atoms with van der Waals surface area (Å²) in [6.45, 7) is 0. The summed E-state index contributed by atoms with van der Waals surface area (Å²) in [5.74, 6) is 0.251. The van der Waals surface area contributed by atoms with E-state index in [1.54, 1.807) is 11.8 Å². The van der Waals surface area contributed by atoms with Crippen LogP contribution in [-0.4, -0.2) is 40.2 Å². The van der Waals surface area contributed by atoms with Crippen molar-refractivity contribution in [3.63, 3.8) is 0 Å². The molecule has 0 aromatic rings. The normalized spacial score (nSPS) is 45.5. The third-order valence-electron chi connectivity index (χ3n) is 3.94. The molecule has 0 radical (unpaired) electrons. The number of thioether (sulfide) groups is 1. The van der Waals surface area contributed by atoms with Gasteiger partial charge in [-0.05, 0) is 18.8 Å². The minimum absolute atomic E-state index is 0.105. The zero-order valence-corrected chi connectivity index (χ0v) is 9.50. The molecule has 1 aliphatic carbocycles. The van der Waals surface area contributed by atoms with Gasteiger partial charge in [0.2, 0.25) is 0 Å². The fourth-order valence-electron chi connectivity index (χ4n) is 2.94. The highest BCUT2D eigenvalue weighted by molar-refractivity contribution is 8.00. The summed E-state index contributed by atoms with van der Waals surface area (Å²) in [5.41, 5.74) is 0. The van der Waals surface area contributed by atoms with E-state index in [1.165, 1.54) is 0 Å². The molecule has 5 atom stereocenters. The average molecular weight is 242 g/mol. The smallest absolute Gasteiger partial charge is 0.315 e. The van der Waals surface area contributed by atoms with Crippen molar-refractivity contribution in [1.82, 2.24) is 10.6 Å². The van der Waals surface area contributed by atoms with Crippen LogP contribution in [0.3, 0.4) is 0 Å². The minimum Gasteiger partial charge on any atom is -0.481 e. The molecule has 3 aliphatic rings. The molecule has 1 saturated carbocycles. The molecular formula is C10H14N2O3S. The standard InChI is InChI=1S/C10H14N2O3S/c13-9(14)5-2-1-4(5)8-7-6(3-16-8)11-10(15)12-7/h4-8H,1-3H2,(H,13,14)(H2,11,12,15)/t4?,5?,6-,7-,8-/m0/s1. The Hall–Kier alpha value is -0.910. The van der Waals surface area contributed by atoms with Gasteiger partial charge in [-0.15, -0.1) is 0 Å². The fraction of sp³-hybridized carbons (Fsp3) is 0.800. The van der Waals surface area contributed by atoms with E-state index < -0.39 is 5.97 Å². The Morgan fingerprint density at radius 1 is 1.38 bits per heavy atom. The quantitative estimate of drug-likeness (QED) is 0.607. The molecule has 2 amide bonds. The Morgan fingerprint density at radius 2 is 2.19 bits per heavy atom. The number of fused-ring (bicyclic) bond motifs is 1. The van der Waals surface area contributed by atoms with E-state index in [0.717, 1.165) is 18.6 Å². The Labute approximate surface area is 97.3 Å². The number of amides is 2. The van der Waals surface area contributed by atoms with Gasteiger partial charge in [-0.3, -0.25) is 4.79 Å². The van der Waals surface area contributed by atoms with Crippen LogP contribution in [-0.2, 0) is 4.79 Å². The van der Waals surface area contributed by atoms with E-state index in [1.807, 2.05) is 0 Å². The number of hydrogen-bond donors (Lipinski definition) is 3. The van der Waals surface area contributed by atoms with Crippen LogP contribution in [0.1, 0.15) is 12.8 Å². The Balaban J connectivity index is 1.72. The Bertz CT molecular complexity index is 349. The topological polar surface area (TPSA) is 78.4 Å². The van der Waals surface area contributed by atoms with Crippen LogP contribution in [0.4, 0.5) is 4.79 Å². The molecule has 3 N–H and O–H groups in total. The third-order valence-corrected chi connectivity index (χ3v) is 5.52. The molecule has 3 fully saturated rings. The molecule has 6 heteroatoms. The first-order valence-corrected chi connectivity index (χ1v) is 6.63. The number of nitrogens with one attached hydrogen (secondary N) is 2. The summed E-state index contributed by atoms with van der Waals surface area (Å²) in [4.78, 5) is 22.2. The Morgan fingerprint density at radius 3 is 2.81 bits per heavy atom. The molecule has 3 rings (SSSR count). The number of carboxylic acid groups (broad SMARTS) is 1. The first-order valence-electron chi connectivity index (χ1n) is 5.58. The summed E-state index contributed by atoms with van der Waals surface area (Å²) >= 11 is 1.80. The lowest BCUT2D eigenvalue weighted by molar-refractivity contribution is -0.147. The molecule has 0 aromatic carbocycles. The third kappa shape index (κ3) is 1.39. The maximum Gasteiger partial charge on any atom is 0.315 e. The summed E-state index contributed by atoms with van der Waals surface area (Å²) < 4.78 is 0. The van der Waals surface area contributed by atoms with E-state index in [-0.39, 0.29) is 35.2 Å². The predicted molar refractivity (Wildman–Crippen MR) is 59.3 cm³/mol. The molecule has 2 unspecified atom stereocenters. The van der Waals surface area contributed by atoms with Crippen LogP contribution in [0.25, 0.3) is 0 Å². The van der Waals surface area contributed by atoms with Crippen LogP contribution in [0.5, 0.6) is 0 Å². The molecular weight excluding hydrogens is 228 g/mol. The monoisotopic (exact) mass is 242 g/mol. The first-order chi connectivity index (χ1) is 7.66. The van der Waals surface area contributed by atoms with Crippen molar-refractivity contribution in [2.75, 3.05) is 5.75 Å². The van der Waals surface area contributed by atoms with Crippen molar-refractivity contribution in [1.29, 1.82) is 0 Å². The Kier molecular flexibility index (Phi) is 2.27. The second-order valence-corrected chi connectivity index (χ2v) is 5.94. The molecule has 16 heavy (non-hydrogen) atoms. The number of rotatable bonds is 2. The molecule has 0 spiro atoms. The molecule has 2 aliphatic heterocycles. The molecule has 0 bridgehead atoms. The van der Waals surface area contributed by atoms with Gasteiger partial charge in [0, 0.05) is 11.0 Å². The van der Waals surface area contributed by atoms with Crippen molar-refractivity contribution in [3.8, 4) is 0 Å². The van der Waals surface area contributed by atoms with Gasteiger partial charge < -0.3 is 15.7 Å². The van der Waals surface area contributed by atoms with Crippen molar-refractivity contribution < 1.29 is 14.7 Å². The van der Waals surface area contributed by atoms with Gasteiger partial charge in [-0.1, -0.05) is 0 Å². The lowest BCUT2D eigenvalue weighted by Crippen LogP contribution is -2.47. The van der Waals surface area contributed by atoms with Gasteiger partial charge in [0.15, 0.2) is 0 Å². The molecule has 0 aromatic heterocycles. The molecule has 5 nitrogen and oxygen atoms in total. The van der Waals surface area contributed by atoms with E-state index >= 15 is 0 Å². The maximum atomic E-state index is 11.2. The highest BCUT2D eigenvalue weighted by Gasteiger charge is 2.51. The minimum atomic E-state index is -0.683. The van der Waals surface area contributed by atoms with Gasteiger partial charge in [0.25, 0.3) is 0 Å². The fourth-order valence-corrected chi connectivity index (χ4v) is 4.70. The summed E-state index contributed by atoms with van der Waals surface area (Å²) in [5, 5.41) is 15.1. The van der Waals surface area contributed by atoms with Crippen LogP contribution < -0.4 is 10.6 Å². The van der Waals surface area contributed by atoms with Gasteiger partial charge >= 0.3 is 12.0 Å². The lowest BCUT2D eigenvalue weighted by atomic mass is 9.70. The summed E-state index contributed by atoms with van der Waals surface area (Å²) in [6, 6.07) is 0.216. The number of urea groups is 1. The number of carbonyl (C=O) groups is 2. The largest absolute Gasteiger partial charge is 0.481 e. The summed E-state index contributed by atoms with van der Waals surface area (Å²) in [7, 11) is 0. The van der Waals surface area contributed by atoms with Gasteiger partial charge in [0.05, 0.1) is 18.0 Å². The number of carboxylic acids is 1. The van der Waals surface area contributed by atoms with Crippen LogP contribution >= 0.6 is 11.8 Å². The van der Waals surface area contributed by atoms with E-state index in [0.29, 0.717) is 0 Å². The lowest BCUT2D eigenvalue weighted by Gasteiger charge is -2.39. The van der Waals surface area contributed by atoms with Gasteiger partial charge in [-0.25, -0.2) is 4.79 Å². The zero-order valence-electron chi connectivity index (χ0n) is 8.68. The predicted octanol–water partition coefficient (Wildman–Crippen LogP) is 0.263. The van der Waals surface area contributed by atoms with Crippen LogP contribution in [0.15, 0.2) is 0 Å². The van der Waals surface area contributed by atoms with Gasteiger partial charge in [0.1, 0.15) is 0 Å². The average Bonchev–Trinajstić information content (AvgIpc) is 2.63. The maximum absolute atomic E-state index is 11.2. The van der Waals surface area contributed by atoms with E-state index in [9.17, 15) is 9.59 Å². The SMILES string of the molecule is O=C1N[C@H]2[C@H](CS[C@H]2C2CCC2C(=O)O)N1. The van der Waals surface area contributed by atoms with Crippen LogP contribution in [0.2, 0.25) is 0 Å². The van der Waals surface area contributed by atoms with E-state index in [2.05, 4.69) is 10.6 Å². The van der Waals surface area contributed by atoms with Crippen molar-refractivity contribution in [2.45, 2.75) is 30.2 Å². The molecule has 88 valence electrons. The highest BCUT2D eigenvalue weighted by Crippen LogP contribution is 2.46. The molecule has 2 heterocycles. The number of aliphatic carboxylic acids is 1. The summed E-state index contributed by atoms with van der Waals surface area (Å²) in [6.07, 6.45) is 1.77. The number of carbonyl (C=O) groups excluding carboxylic acids is 1. The first kappa shape index (κ1) is 10.3. The second kappa shape index (κ2) is 3.55. The van der Waals surface area contributed by atoms with Crippen molar-refractivity contribution in [2.24, 2.45) is 11.8 Å². The van der Waals surface area contributed by atoms with Crippen molar-refractivity contribution in [3.05, 3.63) is 0 Å². The van der Waals surface area contributed by atoms with E-state index in [4.69, 9.17) is 5.11 Å². The second-order valence-electron chi connectivity index (χ2n) is 4.73. The number of hydrogen-bond acceptors (Lipinski definition) is 3. The van der Waals surface area contributed by atoms with Crippen molar-refractivity contribution >= 4 is 23.8 Å². The molecule has 2 saturated heterocycles. The van der Waals surface area contributed by atoms with Crippen LogP contribution in [0, 0.1) is 11.8 Å². The zero-order chi connectivity index (χ0) is 11.3.